The quantitative estimate of drug-likeness (QED) is 0.0800. The molecule has 0 bridgehead atoms. The Kier molecular flexibility index (Phi) is 10.6. The van der Waals surface area contributed by atoms with Gasteiger partial charge in [0.2, 0.25) is 35.7 Å². The molecule has 0 unspecified atom stereocenters. The van der Waals surface area contributed by atoms with Gasteiger partial charge in [-0.2, -0.15) is 29.9 Å². The SMILES string of the molecule is CN1CCN(c2nc(Nc3ccc(CCNc4nc(NCCO)nc(Nc5cccc(N)c5)n4)cc3)nc(Nc3cccc(N)c3)n2)CC1. The van der Waals surface area contributed by atoms with Gasteiger partial charge in [0.1, 0.15) is 0 Å². The minimum absolute atomic E-state index is 0.0523. The zero-order valence-electron chi connectivity index (χ0n) is 27.3. The number of aliphatic hydroxyl groups is 1. The van der Waals surface area contributed by atoms with Crippen molar-refractivity contribution in [2.24, 2.45) is 0 Å². The Hall–Kier alpha value is -6.00. The summed E-state index contributed by atoms with van der Waals surface area (Å²) in [5.74, 6) is 2.56. The van der Waals surface area contributed by atoms with Gasteiger partial charge in [-0.25, -0.2) is 0 Å². The van der Waals surface area contributed by atoms with E-state index in [1.54, 1.807) is 12.1 Å². The first-order valence-corrected chi connectivity index (χ1v) is 16.0. The molecule has 1 aliphatic rings. The molecule has 49 heavy (non-hydrogen) atoms. The highest BCUT2D eigenvalue weighted by atomic mass is 16.3. The number of hydrogen-bond acceptors (Lipinski definition) is 16. The highest BCUT2D eigenvalue weighted by Crippen LogP contribution is 2.23. The molecule has 16 nitrogen and oxygen atoms in total. The largest absolute Gasteiger partial charge is 0.399 e. The molecule has 5 aromatic rings. The first kappa shape index (κ1) is 32.9. The van der Waals surface area contributed by atoms with E-state index >= 15 is 0 Å². The third kappa shape index (κ3) is 9.52. The number of hydrogen-bond donors (Lipinski definition) is 8. The Morgan fingerprint density at radius 1 is 0.612 bits per heavy atom. The molecule has 6 rings (SSSR count). The van der Waals surface area contributed by atoms with Crippen LogP contribution in [0.1, 0.15) is 5.56 Å². The number of anilines is 11. The molecular weight excluding hydrogens is 622 g/mol. The summed E-state index contributed by atoms with van der Waals surface area (Å²) in [6.07, 6.45) is 0.719. The number of nitrogens with two attached hydrogens (primary N) is 2. The fourth-order valence-electron chi connectivity index (χ4n) is 5.08. The molecule has 10 N–H and O–H groups in total. The normalized spacial score (nSPS) is 13.1. The Labute approximate surface area is 284 Å². The van der Waals surface area contributed by atoms with Crippen LogP contribution in [0.4, 0.5) is 64.1 Å². The molecular formula is C33H41N15O. The van der Waals surface area contributed by atoms with Crippen molar-refractivity contribution in [2.75, 3.05) is 95.9 Å². The van der Waals surface area contributed by atoms with Crippen LogP contribution >= 0.6 is 0 Å². The van der Waals surface area contributed by atoms with Gasteiger partial charge >= 0.3 is 0 Å². The van der Waals surface area contributed by atoms with Gasteiger partial charge in [0.25, 0.3) is 0 Å². The number of rotatable bonds is 14. The van der Waals surface area contributed by atoms with Crippen molar-refractivity contribution in [3.8, 4) is 0 Å². The molecule has 1 saturated heterocycles. The number of likely N-dealkylation sites (N-methyl/N-ethyl adjacent to an activating group) is 1. The number of nitrogens with one attached hydrogen (secondary N) is 5. The van der Waals surface area contributed by atoms with Crippen LogP contribution in [-0.4, -0.2) is 92.8 Å². The lowest BCUT2D eigenvalue weighted by molar-refractivity contribution is 0.311. The van der Waals surface area contributed by atoms with Crippen LogP contribution in [0, 0.1) is 0 Å². The summed E-state index contributed by atoms with van der Waals surface area (Å²) in [5.41, 5.74) is 16.7. The molecule has 2 aromatic heterocycles. The molecule has 1 fully saturated rings. The summed E-state index contributed by atoms with van der Waals surface area (Å²) in [6, 6.07) is 22.9. The molecule has 0 radical (unpaired) electrons. The van der Waals surface area contributed by atoms with Gasteiger partial charge < -0.3 is 53.0 Å². The van der Waals surface area contributed by atoms with E-state index in [0.29, 0.717) is 60.2 Å². The molecule has 0 spiro atoms. The topological polar surface area (TPSA) is 216 Å². The van der Waals surface area contributed by atoms with E-state index in [4.69, 9.17) is 21.4 Å². The summed E-state index contributed by atoms with van der Waals surface area (Å²) in [5, 5.41) is 25.3. The minimum Gasteiger partial charge on any atom is -0.399 e. The molecule has 1 aliphatic heterocycles. The lowest BCUT2D eigenvalue weighted by atomic mass is 10.1. The first-order chi connectivity index (χ1) is 23.9. The van der Waals surface area contributed by atoms with Crippen LogP contribution in [0.2, 0.25) is 0 Å². The Morgan fingerprint density at radius 2 is 1.12 bits per heavy atom. The van der Waals surface area contributed by atoms with E-state index < -0.39 is 0 Å². The lowest BCUT2D eigenvalue weighted by Gasteiger charge is -2.32. The smallest absolute Gasteiger partial charge is 0.233 e. The number of nitrogen functional groups attached to an aromatic ring is 2. The minimum atomic E-state index is -0.0523. The summed E-state index contributed by atoms with van der Waals surface area (Å²) < 4.78 is 0. The van der Waals surface area contributed by atoms with Gasteiger partial charge in [-0.1, -0.05) is 24.3 Å². The second kappa shape index (κ2) is 15.7. The summed E-state index contributed by atoms with van der Waals surface area (Å²) >= 11 is 0. The zero-order chi connectivity index (χ0) is 34.0. The van der Waals surface area contributed by atoms with Crippen molar-refractivity contribution in [3.63, 3.8) is 0 Å². The monoisotopic (exact) mass is 663 g/mol. The number of piperazine rings is 1. The van der Waals surface area contributed by atoms with Gasteiger partial charge in [0.15, 0.2) is 0 Å². The van der Waals surface area contributed by atoms with Crippen LogP contribution < -0.4 is 43.0 Å². The van der Waals surface area contributed by atoms with Crippen molar-refractivity contribution >= 4 is 64.1 Å². The van der Waals surface area contributed by atoms with Crippen molar-refractivity contribution in [1.29, 1.82) is 0 Å². The average molecular weight is 664 g/mol. The zero-order valence-corrected chi connectivity index (χ0v) is 27.3. The van der Waals surface area contributed by atoms with Crippen molar-refractivity contribution in [2.45, 2.75) is 6.42 Å². The Balaban J connectivity index is 1.10. The van der Waals surface area contributed by atoms with Gasteiger partial charge in [-0.05, 0) is 67.6 Å². The van der Waals surface area contributed by atoms with Crippen LogP contribution in [0.15, 0.2) is 72.8 Å². The summed E-state index contributed by atoms with van der Waals surface area (Å²) in [6.45, 7) is 4.34. The van der Waals surface area contributed by atoms with Gasteiger partial charge in [0.05, 0.1) is 6.61 Å². The molecule has 0 saturated carbocycles. The second-order valence-corrected chi connectivity index (χ2v) is 11.5. The van der Waals surface area contributed by atoms with Crippen molar-refractivity contribution < 1.29 is 5.11 Å². The molecule has 3 aromatic carbocycles. The van der Waals surface area contributed by atoms with E-state index in [2.05, 4.69) is 63.4 Å². The second-order valence-electron chi connectivity index (χ2n) is 11.5. The number of aliphatic hydroxyl groups excluding tert-OH is 1. The molecule has 0 atom stereocenters. The standard InChI is InChI=1S/C33H41N15O/c1-47-15-17-48(18-16-47)33-45-31(44-32(46-33)40-27-7-3-5-24(35)21-27)38-25-10-8-22(9-11-25)12-13-36-28-41-29(37-14-19-49)43-30(42-28)39-26-6-2-4-23(34)20-26/h2-11,20-21,49H,12-19,34-35H2,1H3,(H2,38,40,44,45,46)(H3,36,37,39,41,42,43). The molecule has 16 heteroatoms. The third-order valence-corrected chi connectivity index (χ3v) is 7.63. The average Bonchev–Trinajstić information content (AvgIpc) is 3.08. The highest BCUT2D eigenvalue weighted by molar-refractivity contribution is 5.63. The maximum atomic E-state index is 9.25. The van der Waals surface area contributed by atoms with E-state index in [-0.39, 0.29) is 6.61 Å². The lowest BCUT2D eigenvalue weighted by Crippen LogP contribution is -2.45. The van der Waals surface area contributed by atoms with Crippen molar-refractivity contribution in [1.82, 2.24) is 34.8 Å². The predicted octanol–water partition coefficient (Wildman–Crippen LogP) is 3.26. The fourth-order valence-corrected chi connectivity index (χ4v) is 5.08. The summed E-state index contributed by atoms with van der Waals surface area (Å²) in [4.78, 5) is 31.9. The van der Waals surface area contributed by atoms with E-state index in [9.17, 15) is 5.11 Å². The van der Waals surface area contributed by atoms with Gasteiger partial charge in [-0.15, -0.1) is 0 Å². The van der Waals surface area contributed by atoms with Gasteiger partial charge in [-0.3, -0.25) is 0 Å². The third-order valence-electron chi connectivity index (χ3n) is 7.63. The van der Waals surface area contributed by atoms with Crippen LogP contribution in [-0.2, 0) is 6.42 Å². The molecule has 0 amide bonds. The Bertz CT molecular complexity index is 1830. The van der Waals surface area contributed by atoms with E-state index in [1.807, 2.05) is 60.7 Å². The molecule has 3 heterocycles. The predicted molar refractivity (Wildman–Crippen MR) is 195 cm³/mol. The highest BCUT2D eigenvalue weighted by Gasteiger charge is 2.19. The maximum absolute atomic E-state index is 9.25. The van der Waals surface area contributed by atoms with E-state index in [0.717, 1.165) is 55.2 Å². The molecule has 254 valence electrons. The van der Waals surface area contributed by atoms with E-state index in [1.165, 1.54) is 0 Å². The first-order valence-electron chi connectivity index (χ1n) is 16.0. The van der Waals surface area contributed by atoms with Crippen LogP contribution in [0.25, 0.3) is 0 Å². The summed E-state index contributed by atoms with van der Waals surface area (Å²) in [7, 11) is 2.11. The van der Waals surface area contributed by atoms with Crippen LogP contribution in [0.3, 0.4) is 0 Å². The Morgan fingerprint density at radius 3 is 1.69 bits per heavy atom. The number of benzene rings is 3. The van der Waals surface area contributed by atoms with Crippen molar-refractivity contribution in [3.05, 3.63) is 78.4 Å². The fraction of sp³-hybridized carbons (Fsp3) is 0.273. The van der Waals surface area contributed by atoms with Gasteiger partial charge in [0, 0.05) is 67.7 Å². The number of aromatic nitrogens is 6. The maximum Gasteiger partial charge on any atom is 0.233 e. The number of nitrogens with zero attached hydrogens (tertiary/aromatic N) is 8. The van der Waals surface area contributed by atoms with Crippen LogP contribution in [0.5, 0.6) is 0 Å². The molecule has 0 aliphatic carbocycles.